The smallest absolute Gasteiger partial charge is 0.337 e. The Labute approximate surface area is 97.6 Å². The molecule has 0 bridgehead atoms. The Kier molecular flexibility index (Phi) is 3.24. The van der Waals surface area contributed by atoms with Crippen LogP contribution in [0.5, 0.6) is 0 Å². The molecule has 2 heterocycles. The summed E-state index contributed by atoms with van der Waals surface area (Å²) in [5.74, 6) is -0.915. The van der Waals surface area contributed by atoms with Gasteiger partial charge in [0.15, 0.2) is 0 Å². The van der Waals surface area contributed by atoms with Crippen molar-refractivity contribution in [1.82, 2.24) is 15.5 Å². The molecule has 6 nitrogen and oxygen atoms in total. The van der Waals surface area contributed by atoms with Crippen LogP contribution in [0.25, 0.3) is 0 Å². The Morgan fingerprint density at radius 1 is 1.59 bits per heavy atom. The molecule has 3 N–H and O–H groups in total. The molecule has 2 aromatic heterocycles. The first-order valence-corrected chi connectivity index (χ1v) is 5.18. The van der Waals surface area contributed by atoms with Gasteiger partial charge in [0.1, 0.15) is 6.26 Å². The molecule has 17 heavy (non-hydrogen) atoms. The van der Waals surface area contributed by atoms with E-state index in [2.05, 4.69) is 15.5 Å². The molecule has 0 aliphatic carbocycles. The van der Waals surface area contributed by atoms with E-state index >= 15 is 0 Å². The van der Waals surface area contributed by atoms with Crippen LogP contribution in [0.1, 0.15) is 27.4 Å². The van der Waals surface area contributed by atoms with Gasteiger partial charge in [-0.05, 0) is 13.0 Å². The fraction of sp³-hybridized carbons (Fsp3) is 0.273. The summed E-state index contributed by atoms with van der Waals surface area (Å²) < 4.78 is 4.70. The van der Waals surface area contributed by atoms with E-state index in [1.165, 1.54) is 6.26 Å². The molecule has 0 atom stereocenters. The first-order valence-electron chi connectivity index (χ1n) is 5.18. The summed E-state index contributed by atoms with van der Waals surface area (Å²) in [6.45, 7) is 2.88. The van der Waals surface area contributed by atoms with Gasteiger partial charge in [0.05, 0.1) is 11.3 Å². The molecule has 0 spiro atoms. The largest absolute Gasteiger partial charge is 0.478 e. The third kappa shape index (κ3) is 2.73. The number of aromatic amines is 1. The molecule has 0 radical (unpaired) electrons. The second kappa shape index (κ2) is 4.84. The number of carboxylic acid groups (broad SMARTS) is 1. The molecule has 2 rings (SSSR count). The molecule has 6 heteroatoms. The Balaban J connectivity index is 1.91. The minimum absolute atomic E-state index is 0.309. The van der Waals surface area contributed by atoms with Crippen molar-refractivity contribution >= 4 is 5.97 Å². The van der Waals surface area contributed by atoms with Gasteiger partial charge in [0, 0.05) is 30.5 Å². The summed E-state index contributed by atoms with van der Waals surface area (Å²) in [4.78, 5) is 13.9. The number of aromatic carboxylic acids is 1. The minimum Gasteiger partial charge on any atom is -0.478 e. The number of hydrogen-bond donors (Lipinski definition) is 3. The standard InChI is InChI=1S/C11H13N3O3/c1-7-10(11(15)16)4-9(13-7)6-12-5-8-2-3-17-14-8/h2-4,12-13H,5-6H2,1H3,(H,15,16). The van der Waals surface area contributed by atoms with Crippen molar-refractivity contribution in [3.8, 4) is 0 Å². The monoisotopic (exact) mass is 235 g/mol. The van der Waals surface area contributed by atoms with E-state index in [-0.39, 0.29) is 0 Å². The summed E-state index contributed by atoms with van der Waals surface area (Å²) >= 11 is 0. The fourth-order valence-electron chi connectivity index (χ4n) is 1.60. The van der Waals surface area contributed by atoms with Gasteiger partial charge >= 0.3 is 5.97 Å². The normalized spacial score (nSPS) is 10.6. The van der Waals surface area contributed by atoms with Crippen LogP contribution in [0.4, 0.5) is 0 Å². The van der Waals surface area contributed by atoms with E-state index in [4.69, 9.17) is 9.63 Å². The molecule has 2 aromatic rings. The quantitative estimate of drug-likeness (QED) is 0.726. The maximum Gasteiger partial charge on any atom is 0.337 e. The van der Waals surface area contributed by atoms with Crippen LogP contribution in [-0.2, 0) is 13.1 Å². The maximum absolute atomic E-state index is 10.8. The lowest BCUT2D eigenvalue weighted by molar-refractivity contribution is 0.0696. The topological polar surface area (TPSA) is 91.2 Å². The molecule has 0 amide bonds. The lowest BCUT2D eigenvalue weighted by Gasteiger charge is -1.99. The van der Waals surface area contributed by atoms with Gasteiger partial charge < -0.3 is 19.9 Å². The van der Waals surface area contributed by atoms with Crippen LogP contribution in [0.15, 0.2) is 22.9 Å². The van der Waals surface area contributed by atoms with E-state index in [1.807, 2.05) is 0 Å². The first kappa shape index (κ1) is 11.4. The Morgan fingerprint density at radius 2 is 2.41 bits per heavy atom. The van der Waals surface area contributed by atoms with E-state index < -0.39 is 5.97 Å². The Bertz CT molecular complexity index is 502. The Hall–Kier alpha value is -2.08. The molecule has 0 aromatic carbocycles. The maximum atomic E-state index is 10.8. The van der Waals surface area contributed by atoms with Gasteiger partial charge in [-0.25, -0.2) is 4.79 Å². The lowest BCUT2D eigenvalue weighted by Crippen LogP contribution is -2.13. The van der Waals surface area contributed by atoms with E-state index in [1.54, 1.807) is 19.1 Å². The van der Waals surface area contributed by atoms with Crippen molar-refractivity contribution < 1.29 is 14.4 Å². The third-order valence-corrected chi connectivity index (χ3v) is 2.41. The molecule has 0 aliphatic heterocycles. The fourth-order valence-corrected chi connectivity index (χ4v) is 1.60. The van der Waals surface area contributed by atoms with Crippen LogP contribution in [-0.4, -0.2) is 21.2 Å². The van der Waals surface area contributed by atoms with Crippen LogP contribution in [0.2, 0.25) is 0 Å². The lowest BCUT2D eigenvalue weighted by atomic mass is 10.2. The molecular weight excluding hydrogens is 222 g/mol. The van der Waals surface area contributed by atoms with Gasteiger partial charge in [-0.1, -0.05) is 5.16 Å². The van der Waals surface area contributed by atoms with E-state index in [0.717, 1.165) is 11.4 Å². The van der Waals surface area contributed by atoms with Crippen LogP contribution in [0, 0.1) is 6.92 Å². The number of carboxylic acids is 1. The average molecular weight is 235 g/mol. The van der Waals surface area contributed by atoms with E-state index in [9.17, 15) is 4.79 Å². The number of H-pyrrole nitrogens is 1. The molecule has 0 fully saturated rings. The van der Waals surface area contributed by atoms with Crippen molar-refractivity contribution in [2.45, 2.75) is 20.0 Å². The molecule has 90 valence electrons. The molecule has 0 saturated heterocycles. The first-order chi connectivity index (χ1) is 8.16. The highest BCUT2D eigenvalue weighted by Crippen LogP contribution is 2.09. The number of hydrogen-bond acceptors (Lipinski definition) is 4. The van der Waals surface area contributed by atoms with Crippen molar-refractivity contribution in [2.24, 2.45) is 0 Å². The van der Waals surface area contributed by atoms with Crippen LogP contribution in [0.3, 0.4) is 0 Å². The molecule has 0 saturated carbocycles. The summed E-state index contributed by atoms with van der Waals surface area (Å²) in [5, 5.41) is 15.8. The van der Waals surface area contributed by atoms with Gasteiger partial charge in [-0.15, -0.1) is 0 Å². The predicted octanol–water partition coefficient (Wildman–Crippen LogP) is 1.30. The van der Waals surface area contributed by atoms with Crippen LogP contribution < -0.4 is 5.32 Å². The minimum atomic E-state index is -0.915. The predicted molar refractivity (Wildman–Crippen MR) is 59.5 cm³/mol. The number of carbonyl (C=O) groups is 1. The zero-order valence-corrected chi connectivity index (χ0v) is 9.36. The summed E-state index contributed by atoms with van der Waals surface area (Å²) in [7, 11) is 0. The van der Waals surface area contributed by atoms with Gasteiger partial charge in [-0.2, -0.15) is 0 Å². The zero-order chi connectivity index (χ0) is 12.3. The van der Waals surface area contributed by atoms with Gasteiger partial charge in [0.2, 0.25) is 0 Å². The highest BCUT2D eigenvalue weighted by atomic mass is 16.5. The Morgan fingerprint density at radius 3 is 3.00 bits per heavy atom. The van der Waals surface area contributed by atoms with Crippen molar-refractivity contribution in [2.75, 3.05) is 0 Å². The van der Waals surface area contributed by atoms with Gasteiger partial charge in [0.25, 0.3) is 0 Å². The second-order valence-corrected chi connectivity index (χ2v) is 3.73. The summed E-state index contributed by atoms with van der Waals surface area (Å²) in [6, 6.07) is 3.41. The third-order valence-electron chi connectivity index (χ3n) is 2.41. The number of nitrogens with one attached hydrogen (secondary N) is 2. The van der Waals surface area contributed by atoms with E-state index in [0.29, 0.717) is 24.3 Å². The molecule has 0 aliphatic rings. The molecular formula is C11H13N3O3. The SMILES string of the molecule is Cc1[nH]c(CNCc2ccon2)cc1C(=O)O. The number of rotatable bonds is 5. The number of nitrogens with zero attached hydrogens (tertiary/aromatic N) is 1. The highest BCUT2D eigenvalue weighted by molar-refractivity contribution is 5.89. The highest BCUT2D eigenvalue weighted by Gasteiger charge is 2.10. The van der Waals surface area contributed by atoms with Crippen LogP contribution >= 0.6 is 0 Å². The van der Waals surface area contributed by atoms with Crippen molar-refractivity contribution in [3.05, 3.63) is 41.0 Å². The average Bonchev–Trinajstić information content (AvgIpc) is 2.88. The van der Waals surface area contributed by atoms with Gasteiger partial charge in [-0.3, -0.25) is 0 Å². The van der Waals surface area contributed by atoms with Crippen molar-refractivity contribution in [1.29, 1.82) is 0 Å². The second-order valence-electron chi connectivity index (χ2n) is 3.73. The number of aryl methyl sites for hydroxylation is 1. The number of aromatic nitrogens is 2. The summed E-state index contributed by atoms with van der Waals surface area (Å²) in [6.07, 6.45) is 1.51. The molecule has 0 unspecified atom stereocenters. The summed E-state index contributed by atoms with van der Waals surface area (Å²) in [5.41, 5.74) is 2.62. The zero-order valence-electron chi connectivity index (χ0n) is 9.36. The van der Waals surface area contributed by atoms with Crippen molar-refractivity contribution in [3.63, 3.8) is 0 Å².